The molecule has 0 aromatic heterocycles. The SMILES string of the molecule is COc1ccc(NC(=O)[C@@H]2[C@@H]3C[C@@H]4[C@@H]2C(=O)O[C@@H]4C3)c(OC)c1. The standard InChI is InChI=1S/C17H19NO5/c1-21-9-3-4-11(13(7-9)22-2)18-16(19)14-8-5-10-12(6-8)23-17(20)15(10)14/h3-4,7-8,10,12,14-15H,5-6H2,1-2H3,(H,18,19)/t8-,10+,12-,14-,15+/m1/s1. The molecule has 1 aromatic rings. The Bertz CT molecular complexity index is 671. The Morgan fingerprint density at radius 2 is 2.09 bits per heavy atom. The minimum Gasteiger partial charge on any atom is -0.497 e. The lowest BCUT2D eigenvalue weighted by molar-refractivity contribution is -0.145. The minimum absolute atomic E-state index is 0.0390. The second-order valence-corrected chi connectivity index (χ2v) is 6.48. The Balaban J connectivity index is 1.56. The van der Waals surface area contributed by atoms with Gasteiger partial charge in [-0.2, -0.15) is 0 Å². The van der Waals surface area contributed by atoms with Crippen molar-refractivity contribution in [2.75, 3.05) is 19.5 Å². The summed E-state index contributed by atoms with van der Waals surface area (Å²) in [5.41, 5.74) is 0.587. The van der Waals surface area contributed by atoms with Gasteiger partial charge in [0, 0.05) is 12.0 Å². The fourth-order valence-corrected chi connectivity index (χ4v) is 4.48. The van der Waals surface area contributed by atoms with Gasteiger partial charge in [0.15, 0.2) is 0 Å². The maximum atomic E-state index is 12.8. The van der Waals surface area contributed by atoms with Crippen molar-refractivity contribution >= 4 is 17.6 Å². The molecular formula is C17H19NO5. The fraction of sp³-hybridized carbons (Fsp3) is 0.529. The highest BCUT2D eigenvalue weighted by molar-refractivity contribution is 5.98. The van der Waals surface area contributed by atoms with Crippen molar-refractivity contribution in [1.29, 1.82) is 0 Å². The van der Waals surface area contributed by atoms with E-state index in [0.29, 0.717) is 17.2 Å². The first kappa shape index (κ1) is 14.4. The molecule has 0 radical (unpaired) electrons. The van der Waals surface area contributed by atoms with Gasteiger partial charge < -0.3 is 19.5 Å². The van der Waals surface area contributed by atoms with E-state index in [9.17, 15) is 9.59 Å². The molecule has 0 spiro atoms. The first-order chi connectivity index (χ1) is 11.1. The number of nitrogens with one attached hydrogen (secondary N) is 1. The molecule has 1 N–H and O–H groups in total. The van der Waals surface area contributed by atoms with Crippen LogP contribution in [0.1, 0.15) is 12.8 Å². The number of fused-ring (bicyclic) bond motifs is 1. The number of carbonyl (C=O) groups excluding carboxylic acids is 2. The summed E-state index contributed by atoms with van der Waals surface area (Å²) >= 11 is 0. The number of methoxy groups -OCH3 is 2. The van der Waals surface area contributed by atoms with E-state index >= 15 is 0 Å². The number of hydrogen-bond acceptors (Lipinski definition) is 5. The van der Waals surface area contributed by atoms with Crippen LogP contribution in [0.5, 0.6) is 11.5 Å². The van der Waals surface area contributed by atoms with Crippen LogP contribution in [0.2, 0.25) is 0 Å². The number of rotatable bonds is 4. The normalized spacial score (nSPS) is 33.5. The first-order valence-corrected chi connectivity index (χ1v) is 7.85. The first-order valence-electron chi connectivity index (χ1n) is 7.85. The zero-order valence-corrected chi connectivity index (χ0v) is 13.1. The highest BCUT2D eigenvalue weighted by atomic mass is 16.6. The third kappa shape index (κ3) is 2.08. The molecule has 122 valence electrons. The molecule has 6 heteroatoms. The molecule has 1 saturated heterocycles. The van der Waals surface area contributed by atoms with Crippen LogP contribution < -0.4 is 14.8 Å². The van der Waals surface area contributed by atoms with Gasteiger partial charge in [-0.25, -0.2) is 0 Å². The van der Waals surface area contributed by atoms with Crippen molar-refractivity contribution in [2.24, 2.45) is 23.7 Å². The van der Waals surface area contributed by atoms with Crippen molar-refractivity contribution in [3.63, 3.8) is 0 Å². The van der Waals surface area contributed by atoms with Gasteiger partial charge in [0.1, 0.15) is 17.6 Å². The summed E-state index contributed by atoms with van der Waals surface area (Å²) in [7, 11) is 3.12. The Hall–Kier alpha value is -2.24. The van der Waals surface area contributed by atoms with E-state index in [1.54, 1.807) is 32.4 Å². The van der Waals surface area contributed by atoms with Gasteiger partial charge in [-0.15, -0.1) is 0 Å². The van der Waals surface area contributed by atoms with Gasteiger partial charge in [-0.1, -0.05) is 0 Å². The number of hydrogen-bond donors (Lipinski definition) is 1. The monoisotopic (exact) mass is 317 g/mol. The van der Waals surface area contributed by atoms with Gasteiger partial charge in [0.05, 0.1) is 31.7 Å². The maximum Gasteiger partial charge on any atom is 0.310 e. The molecule has 3 aliphatic rings. The van der Waals surface area contributed by atoms with E-state index in [0.717, 1.165) is 12.8 Å². The maximum absolute atomic E-state index is 12.8. The summed E-state index contributed by atoms with van der Waals surface area (Å²) in [6, 6.07) is 5.23. The summed E-state index contributed by atoms with van der Waals surface area (Å²) in [5.74, 6) is 0.757. The van der Waals surface area contributed by atoms with E-state index in [1.165, 1.54) is 0 Å². The van der Waals surface area contributed by atoms with Crippen LogP contribution in [0.25, 0.3) is 0 Å². The average molecular weight is 317 g/mol. The molecule has 1 aromatic carbocycles. The average Bonchev–Trinajstić information content (AvgIpc) is 3.16. The molecule has 1 heterocycles. The Morgan fingerprint density at radius 3 is 2.83 bits per heavy atom. The Kier molecular flexibility index (Phi) is 3.21. The third-order valence-electron chi connectivity index (χ3n) is 5.45. The van der Waals surface area contributed by atoms with Crippen molar-refractivity contribution in [3.05, 3.63) is 18.2 Å². The van der Waals surface area contributed by atoms with Crippen LogP contribution in [-0.2, 0) is 14.3 Å². The van der Waals surface area contributed by atoms with Crippen LogP contribution in [-0.4, -0.2) is 32.2 Å². The predicted octanol–water partition coefficient (Wildman–Crippen LogP) is 1.84. The highest BCUT2D eigenvalue weighted by Crippen LogP contribution is 2.57. The Morgan fingerprint density at radius 1 is 1.26 bits per heavy atom. The molecule has 1 amide bonds. The summed E-state index contributed by atoms with van der Waals surface area (Å²) in [5, 5.41) is 2.92. The molecule has 2 bridgehead atoms. The minimum atomic E-state index is -0.293. The second-order valence-electron chi connectivity index (χ2n) is 6.48. The summed E-state index contributed by atoms with van der Waals surface area (Å²) < 4.78 is 15.9. The molecule has 5 atom stereocenters. The third-order valence-corrected chi connectivity index (χ3v) is 5.45. The smallest absolute Gasteiger partial charge is 0.310 e. The van der Waals surface area contributed by atoms with Crippen LogP contribution in [0, 0.1) is 23.7 Å². The zero-order chi connectivity index (χ0) is 16.1. The lowest BCUT2D eigenvalue weighted by Crippen LogP contribution is -2.35. The fourth-order valence-electron chi connectivity index (χ4n) is 4.48. The van der Waals surface area contributed by atoms with E-state index in [-0.39, 0.29) is 41.7 Å². The number of benzene rings is 1. The lowest BCUT2D eigenvalue weighted by Gasteiger charge is -2.24. The van der Waals surface area contributed by atoms with E-state index in [1.807, 2.05) is 0 Å². The quantitative estimate of drug-likeness (QED) is 0.858. The molecule has 3 fully saturated rings. The van der Waals surface area contributed by atoms with Crippen molar-refractivity contribution in [3.8, 4) is 11.5 Å². The number of ether oxygens (including phenoxy) is 3. The predicted molar refractivity (Wildman–Crippen MR) is 81.2 cm³/mol. The van der Waals surface area contributed by atoms with E-state index < -0.39 is 0 Å². The van der Waals surface area contributed by atoms with Crippen LogP contribution in [0.3, 0.4) is 0 Å². The molecule has 4 rings (SSSR count). The van der Waals surface area contributed by atoms with Gasteiger partial charge >= 0.3 is 5.97 Å². The highest BCUT2D eigenvalue weighted by Gasteiger charge is 2.63. The molecule has 6 nitrogen and oxygen atoms in total. The van der Waals surface area contributed by atoms with Gasteiger partial charge in [-0.3, -0.25) is 9.59 Å². The number of anilines is 1. The molecule has 0 unspecified atom stereocenters. The number of esters is 1. The van der Waals surface area contributed by atoms with E-state index in [2.05, 4.69) is 5.32 Å². The summed E-state index contributed by atoms with van der Waals surface area (Å²) in [6.07, 6.45) is 1.76. The van der Waals surface area contributed by atoms with Gasteiger partial charge in [0.25, 0.3) is 0 Å². The lowest BCUT2D eigenvalue weighted by atomic mass is 9.79. The molecule has 2 aliphatic carbocycles. The number of carbonyl (C=O) groups is 2. The Labute approximate surface area is 134 Å². The van der Waals surface area contributed by atoms with Crippen molar-refractivity contribution < 1.29 is 23.8 Å². The van der Waals surface area contributed by atoms with Gasteiger partial charge in [-0.05, 0) is 30.9 Å². The zero-order valence-electron chi connectivity index (χ0n) is 13.1. The van der Waals surface area contributed by atoms with Crippen molar-refractivity contribution in [1.82, 2.24) is 0 Å². The molecule has 2 saturated carbocycles. The number of amides is 1. The van der Waals surface area contributed by atoms with Crippen LogP contribution in [0.15, 0.2) is 18.2 Å². The largest absolute Gasteiger partial charge is 0.497 e. The molecule has 1 aliphatic heterocycles. The van der Waals surface area contributed by atoms with E-state index in [4.69, 9.17) is 14.2 Å². The summed E-state index contributed by atoms with van der Waals surface area (Å²) in [4.78, 5) is 24.8. The molecular weight excluding hydrogens is 298 g/mol. The van der Waals surface area contributed by atoms with Crippen LogP contribution in [0.4, 0.5) is 5.69 Å². The molecule has 23 heavy (non-hydrogen) atoms. The second kappa shape index (κ2) is 5.15. The van der Waals surface area contributed by atoms with Crippen molar-refractivity contribution in [2.45, 2.75) is 18.9 Å². The van der Waals surface area contributed by atoms with Crippen LogP contribution >= 0.6 is 0 Å². The van der Waals surface area contributed by atoms with Gasteiger partial charge in [0.2, 0.25) is 5.91 Å². The summed E-state index contributed by atoms with van der Waals surface area (Å²) in [6.45, 7) is 0. The topological polar surface area (TPSA) is 73.9 Å².